The smallest absolute Gasteiger partial charge is 0.252 e. The number of aryl methyl sites for hydroxylation is 1. The number of pyridine rings is 1. The first-order valence-corrected chi connectivity index (χ1v) is 4.56. The highest BCUT2D eigenvalue weighted by molar-refractivity contribution is 5.91. The number of nitrogens with two attached hydrogens (primary N) is 1. The Kier molecular flexibility index (Phi) is 2.11. The van der Waals surface area contributed by atoms with Crippen LogP contribution in [0.15, 0.2) is 29.1 Å². The molecule has 0 saturated heterocycles. The number of hydrogen-bond donors (Lipinski definition) is 1. The summed E-state index contributed by atoms with van der Waals surface area (Å²) < 4.78 is 6.65. The molecule has 2 N–H and O–H groups in total. The van der Waals surface area contributed by atoms with Crippen molar-refractivity contribution in [3.63, 3.8) is 0 Å². The normalized spacial score (nSPS) is 10.5. The fourth-order valence-electron chi connectivity index (χ4n) is 1.59. The molecule has 0 aliphatic carbocycles. The topological polar surface area (TPSA) is 57.2 Å². The summed E-state index contributed by atoms with van der Waals surface area (Å²) in [6, 6.07) is 6.90. The molecule has 78 valence electrons. The maximum atomic E-state index is 11.5. The highest BCUT2D eigenvalue weighted by Crippen LogP contribution is 2.23. The van der Waals surface area contributed by atoms with Crippen molar-refractivity contribution in [2.24, 2.45) is 7.05 Å². The zero-order chi connectivity index (χ0) is 11.0. The lowest BCUT2D eigenvalue weighted by Crippen LogP contribution is -2.16. The number of benzene rings is 1. The maximum absolute atomic E-state index is 11.5. The summed E-state index contributed by atoms with van der Waals surface area (Å²) in [6.07, 6.45) is 0. The Balaban J connectivity index is 2.91. The summed E-state index contributed by atoms with van der Waals surface area (Å²) in [5.41, 5.74) is 6.92. The molecule has 0 saturated carbocycles. The summed E-state index contributed by atoms with van der Waals surface area (Å²) in [7, 11) is 3.30. The van der Waals surface area contributed by atoms with Crippen molar-refractivity contribution < 1.29 is 4.74 Å². The van der Waals surface area contributed by atoms with E-state index in [1.165, 1.54) is 6.07 Å². The molecule has 1 aromatic carbocycles. The van der Waals surface area contributed by atoms with Gasteiger partial charge >= 0.3 is 0 Å². The van der Waals surface area contributed by atoms with E-state index < -0.39 is 0 Å². The van der Waals surface area contributed by atoms with Crippen LogP contribution in [0.3, 0.4) is 0 Å². The molecule has 0 aliphatic heterocycles. The van der Waals surface area contributed by atoms with E-state index in [1.807, 2.05) is 12.1 Å². The van der Waals surface area contributed by atoms with Gasteiger partial charge in [0.25, 0.3) is 5.56 Å². The molecular weight excluding hydrogens is 192 g/mol. The number of methoxy groups -OCH3 is 1. The molecule has 0 atom stereocenters. The largest absolute Gasteiger partial charge is 0.497 e. The molecule has 2 rings (SSSR count). The molecule has 0 unspecified atom stereocenters. The molecule has 0 radical (unpaired) electrons. The summed E-state index contributed by atoms with van der Waals surface area (Å²) in [5, 5.41) is 0.859. The number of nitrogen functional groups attached to an aromatic ring is 1. The van der Waals surface area contributed by atoms with Gasteiger partial charge in [0.15, 0.2) is 0 Å². The lowest BCUT2D eigenvalue weighted by molar-refractivity contribution is 0.415. The van der Waals surface area contributed by atoms with Crippen molar-refractivity contribution in [2.75, 3.05) is 12.8 Å². The van der Waals surface area contributed by atoms with E-state index in [0.29, 0.717) is 11.4 Å². The van der Waals surface area contributed by atoms with Crippen molar-refractivity contribution in [1.82, 2.24) is 4.57 Å². The molecule has 1 aromatic heterocycles. The lowest BCUT2D eigenvalue weighted by atomic mass is 10.2. The van der Waals surface area contributed by atoms with Crippen LogP contribution in [-0.2, 0) is 7.05 Å². The second-order valence-electron chi connectivity index (χ2n) is 3.38. The minimum absolute atomic E-state index is 0.117. The van der Waals surface area contributed by atoms with Crippen LogP contribution in [-0.4, -0.2) is 11.7 Å². The number of fused-ring (bicyclic) bond motifs is 1. The van der Waals surface area contributed by atoms with Crippen molar-refractivity contribution in [1.29, 1.82) is 0 Å². The molecule has 0 aliphatic rings. The van der Waals surface area contributed by atoms with Gasteiger partial charge in [0.1, 0.15) is 5.75 Å². The molecule has 0 amide bonds. The third-order valence-electron chi connectivity index (χ3n) is 2.49. The third kappa shape index (κ3) is 1.44. The second kappa shape index (κ2) is 3.31. The molecule has 1 heterocycles. The van der Waals surface area contributed by atoms with Gasteiger partial charge in [0, 0.05) is 30.3 Å². The Labute approximate surface area is 86.9 Å². The number of aromatic nitrogens is 1. The second-order valence-corrected chi connectivity index (χ2v) is 3.38. The van der Waals surface area contributed by atoms with E-state index in [9.17, 15) is 4.79 Å². The fraction of sp³-hybridized carbons (Fsp3) is 0.182. The van der Waals surface area contributed by atoms with Crippen molar-refractivity contribution in [3.8, 4) is 5.75 Å². The first-order valence-electron chi connectivity index (χ1n) is 4.56. The van der Waals surface area contributed by atoms with Gasteiger partial charge < -0.3 is 15.0 Å². The van der Waals surface area contributed by atoms with Crippen LogP contribution in [0.5, 0.6) is 5.75 Å². The predicted molar refractivity (Wildman–Crippen MR) is 60.2 cm³/mol. The summed E-state index contributed by atoms with van der Waals surface area (Å²) in [6.45, 7) is 0. The quantitative estimate of drug-likeness (QED) is 0.757. The third-order valence-corrected chi connectivity index (χ3v) is 2.49. The number of anilines is 1. The van der Waals surface area contributed by atoms with E-state index in [1.54, 1.807) is 24.8 Å². The van der Waals surface area contributed by atoms with Crippen LogP contribution in [0.25, 0.3) is 10.9 Å². The molecule has 2 aromatic rings. The van der Waals surface area contributed by atoms with E-state index in [2.05, 4.69) is 0 Å². The Bertz CT molecular complexity index is 573. The molecule has 15 heavy (non-hydrogen) atoms. The monoisotopic (exact) mass is 204 g/mol. The number of nitrogens with zero attached hydrogens (tertiary/aromatic N) is 1. The summed E-state index contributed by atoms with van der Waals surface area (Å²) in [4.78, 5) is 11.5. The van der Waals surface area contributed by atoms with Gasteiger partial charge in [-0.25, -0.2) is 0 Å². The Morgan fingerprint density at radius 1 is 1.33 bits per heavy atom. The molecule has 0 fully saturated rings. The highest BCUT2D eigenvalue weighted by Gasteiger charge is 2.04. The average molecular weight is 204 g/mol. The molecular formula is C11H12N2O2. The maximum Gasteiger partial charge on any atom is 0.252 e. The zero-order valence-corrected chi connectivity index (χ0v) is 8.65. The molecule has 4 heteroatoms. The SMILES string of the molecule is COc1ccc2c(N)cc(=O)n(C)c2c1. The van der Waals surface area contributed by atoms with Gasteiger partial charge in [-0.2, -0.15) is 0 Å². The predicted octanol–water partition coefficient (Wildman–Crippen LogP) is 1.13. The first kappa shape index (κ1) is 9.58. The van der Waals surface area contributed by atoms with Gasteiger partial charge in [-0.15, -0.1) is 0 Å². The summed E-state index contributed by atoms with van der Waals surface area (Å²) >= 11 is 0. The summed E-state index contributed by atoms with van der Waals surface area (Å²) in [5.74, 6) is 0.711. The minimum Gasteiger partial charge on any atom is -0.497 e. The van der Waals surface area contributed by atoms with Gasteiger partial charge in [-0.05, 0) is 12.1 Å². The van der Waals surface area contributed by atoms with Crippen molar-refractivity contribution >= 4 is 16.6 Å². The molecule has 4 nitrogen and oxygen atoms in total. The first-order chi connectivity index (χ1) is 7.13. The van der Waals surface area contributed by atoms with E-state index in [0.717, 1.165) is 10.9 Å². The molecule has 0 spiro atoms. The number of hydrogen-bond acceptors (Lipinski definition) is 3. The fourth-order valence-corrected chi connectivity index (χ4v) is 1.59. The zero-order valence-electron chi connectivity index (χ0n) is 8.65. The van der Waals surface area contributed by atoms with Gasteiger partial charge in [0.05, 0.1) is 12.6 Å². The van der Waals surface area contributed by atoms with E-state index >= 15 is 0 Å². The van der Waals surface area contributed by atoms with Crippen LogP contribution in [0.2, 0.25) is 0 Å². The van der Waals surface area contributed by atoms with Crippen LogP contribution in [0.4, 0.5) is 5.69 Å². The van der Waals surface area contributed by atoms with Gasteiger partial charge in [-0.1, -0.05) is 0 Å². The van der Waals surface area contributed by atoms with E-state index in [-0.39, 0.29) is 5.56 Å². The van der Waals surface area contributed by atoms with Crippen LogP contribution < -0.4 is 16.0 Å². The molecule has 0 bridgehead atoms. The Morgan fingerprint density at radius 3 is 2.73 bits per heavy atom. The van der Waals surface area contributed by atoms with Crippen LogP contribution in [0, 0.1) is 0 Å². The van der Waals surface area contributed by atoms with Gasteiger partial charge in [0.2, 0.25) is 0 Å². The number of ether oxygens (including phenoxy) is 1. The highest BCUT2D eigenvalue weighted by atomic mass is 16.5. The Morgan fingerprint density at radius 2 is 2.07 bits per heavy atom. The minimum atomic E-state index is -0.117. The van der Waals surface area contributed by atoms with Gasteiger partial charge in [-0.3, -0.25) is 4.79 Å². The number of rotatable bonds is 1. The van der Waals surface area contributed by atoms with Crippen molar-refractivity contribution in [2.45, 2.75) is 0 Å². The van der Waals surface area contributed by atoms with E-state index in [4.69, 9.17) is 10.5 Å². The Hall–Kier alpha value is -1.97. The average Bonchev–Trinajstić information content (AvgIpc) is 2.25. The van der Waals surface area contributed by atoms with Crippen molar-refractivity contribution in [3.05, 3.63) is 34.6 Å². The standard InChI is InChI=1S/C11H12N2O2/c1-13-10-5-7(15-2)3-4-8(10)9(12)6-11(13)14/h3-6H,12H2,1-2H3. The van der Waals surface area contributed by atoms with Crippen LogP contribution in [0.1, 0.15) is 0 Å². The van der Waals surface area contributed by atoms with Crippen LogP contribution >= 0.6 is 0 Å². The lowest BCUT2D eigenvalue weighted by Gasteiger charge is -2.08.